The van der Waals surface area contributed by atoms with Crippen LogP contribution in [0.15, 0.2) is 71.2 Å². The van der Waals surface area contributed by atoms with Crippen LogP contribution in [0.5, 0.6) is 5.75 Å². The van der Waals surface area contributed by atoms with Crippen molar-refractivity contribution in [1.82, 2.24) is 0 Å². The summed E-state index contributed by atoms with van der Waals surface area (Å²) in [4.78, 5) is 11.4. The molecule has 0 aliphatic carbocycles. The monoisotopic (exact) mass is 429 g/mol. The van der Waals surface area contributed by atoms with Gasteiger partial charge in [0.15, 0.2) is 0 Å². The molecule has 0 aliphatic heterocycles. The fourth-order valence-corrected chi connectivity index (χ4v) is 2.77. The van der Waals surface area contributed by atoms with Crippen LogP contribution in [0.25, 0.3) is 0 Å². The lowest BCUT2D eigenvalue weighted by molar-refractivity contribution is 0.0691. The minimum absolute atomic E-state index is 0.117. The summed E-state index contributed by atoms with van der Waals surface area (Å²) in [5.74, 6) is -1.76. The maximum absolute atomic E-state index is 14.3. The fraction of sp³-hybridized carbons (Fsp3) is 0.0952. The van der Waals surface area contributed by atoms with E-state index in [2.05, 4.69) is 21.2 Å². The predicted molar refractivity (Wildman–Crippen MR) is 106 cm³/mol. The number of anilines is 1. The number of halogens is 2. The lowest BCUT2D eigenvalue weighted by Crippen LogP contribution is -2.07. The van der Waals surface area contributed by atoms with Gasteiger partial charge < -0.3 is 15.2 Å². The van der Waals surface area contributed by atoms with Crippen LogP contribution in [0, 0.1) is 5.82 Å². The zero-order chi connectivity index (χ0) is 19.2. The van der Waals surface area contributed by atoms with Gasteiger partial charge in [0.1, 0.15) is 23.7 Å². The molecule has 3 rings (SSSR count). The third-order valence-electron chi connectivity index (χ3n) is 3.93. The Bertz CT molecular complexity index is 930. The van der Waals surface area contributed by atoms with Crippen molar-refractivity contribution in [1.29, 1.82) is 0 Å². The highest BCUT2D eigenvalue weighted by Crippen LogP contribution is 2.28. The second-order valence-corrected chi connectivity index (χ2v) is 6.80. The van der Waals surface area contributed by atoms with Gasteiger partial charge in [0.05, 0.1) is 5.69 Å². The SMILES string of the molecule is O=C(O)c1cc(F)c(NCc2ccc(Br)cc2)cc1OCc1ccccc1. The quantitative estimate of drug-likeness (QED) is 0.522. The Hall–Kier alpha value is -2.86. The highest BCUT2D eigenvalue weighted by Gasteiger charge is 2.16. The normalized spacial score (nSPS) is 10.4. The van der Waals surface area contributed by atoms with E-state index in [9.17, 15) is 14.3 Å². The summed E-state index contributed by atoms with van der Waals surface area (Å²) < 4.78 is 20.9. The zero-order valence-electron chi connectivity index (χ0n) is 14.3. The number of aromatic carboxylic acids is 1. The molecule has 0 aromatic heterocycles. The van der Waals surface area contributed by atoms with Crippen molar-refractivity contribution >= 4 is 27.6 Å². The number of carbonyl (C=O) groups is 1. The first-order valence-electron chi connectivity index (χ1n) is 8.25. The van der Waals surface area contributed by atoms with Crippen molar-refractivity contribution in [3.63, 3.8) is 0 Å². The molecule has 0 spiro atoms. The van der Waals surface area contributed by atoms with E-state index in [0.717, 1.165) is 21.7 Å². The number of hydrogen-bond acceptors (Lipinski definition) is 3. The average Bonchev–Trinajstić information content (AvgIpc) is 2.67. The van der Waals surface area contributed by atoms with Gasteiger partial charge in [0.2, 0.25) is 0 Å². The molecule has 0 saturated carbocycles. The van der Waals surface area contributed by atoms with Crippen molar-refractivity contribution in [2.45, 2.75) is 13.2 Å². The Morgan fingerprint density at radius 1 is 1.04 bits per heavy atom. The molecule has 138 valence electrons. The molecule has 0 heterocycles. The molecule has 0 unspecified atom stereocenters. The van der Waals surface area contributed by atoms with E-state index < -0.39 is 11.8 Å². The molecule has 27 heavy (non-hydrogen) atoms. The summed E-state index contributed by atoms with van der Waals surface area (Å²) in [6.07, 6.45) is 0. The molecule has 6 heteroatoms. The molecule has 3 aromatic carbocycles. The van der Waals surface area contributed by atoms with Crippen molar-refractivity contribution < 1.29 is 19.0 Å². The zero-order valence-corrected chi connectivity index (χ0v) is 15.9. The Labute approximate surface area is 164 Å². The van der Waals surface area contributed by atoms with E-state index in [0.29, 0.717) is 6.54 Å². The number of rotatable bonds is 7. The molecule has 4 nitrogen and oxygen atoms in total. The van der Waals surface area contributed by atoms with Crippen LogP contribution in [0.1, 0.15) is 21.5 Å². The summed E-state index contributed by atoms with van der Waals surface area (Å²) in [6, 6.07) is 19.3. The van der Waals surface area contributed by atoms with Crippen LogP contribution in [0.2, 0.25) is 0 Å². The van der Waals surface area contributed by atoms with E-state index in [1.165, 1.54) is 6.07 Å². The second kappa shape index (κ2) is 8.68. The standard InChI is InChI=1S/C21H17BrFNO3/c22-16-8-6-14(7-9-16)12-24-19-11-20(17(21(25)26)10-18(19)23)27-13-15-4-2-1-3-5-15/h1-11,24H,12-13H2,(H,25,26). The smallest absolute Gasteiger partial charge is 0.339 e. The molecule has 0 amide bonds. The van der Waals surface area contributed by atoms with Crippen LogP contribution in [0.3, 0.4) is 0 Å². The number of ether oxygens (including phenoxy) is 1. The van der Waals surface area contributed by atoms with Crippen LogP contribution in [0.4, 0.5) is 10.1 Å². The summed E-state index contributed by atoms with van der Waals surface area (Å²) >= 11 is 3.37. The Morgan fingerprint density at radius 2 is 1.74 bits per heavy atom. The van der Waals surface area contributed by atoms with Gasteiger partial charge in [-0.1, -0.05) is 58.4 Å². The van der Waals surface area contributed by atoms with Crippen molar-refractivity contribution in [2.75, 3.05) is 5.32 Å². The van der Waals surface area contributed by atoms with Gasteiger partial charge in [-0.3, -0.25) is 0 Å². The van der Waals surface area contributed by atoms with E-state index in [-0.39, 0.29) is 23.6 Å². The van der Waals surface area contributed by atoms with Crippen molar-refractivity contribution in [3.8, 4) is 5.75 Å². The first-order valence-corrected chi connectivity index (χ1v) is 9.04. The maximum atomic E-state index is 14.3. The molecule has 0 radical (unpaired) electrons. The summed E-state index contributed by atoms with van der Waals surface area (Å²) in [6.45, 7) is 0.591. The van der Waals surface area contributed by atoms with E-state index in [4.69, 9.17) is 4.74 Å². The molecule has 0 atom stereocenters. The number of hydrogen-bond donors (Lipinski definition) is 2. The summed E-state index contributed by atoms with van der Waals surface area (Å²) in [5.41, 5.74) is 1.83. The van der Waals surface area contributed by atoms with Crippen molar-refractivity contribution in [3.05, 3.63) is 93.7 Å². The van der Waals surface area contributed by atoms with Crippen LogP contribution < -0.4 is 10.1 Å². The third-order valence-corrected chi connectivity index (χ3v) is 4.46. The van der Waals surface area contributed by atoms with Gasteiger partial charge in [0.25, 0.3) is 0 Å². The minimum atomic E-state index is -1.24. The first kappa shape index (κ1) is 18.9. The minimum Gasteiger partial charge on any atom is -0.488 e. The van der Waals surface area contributed by atoms with Crippen LogP contribution in [-0.4, -0.2) is 11.1 Å². The van der Waals surface area contributed by atoms with Crippen molar-refractivity contribution in [2.24, 2.45) is 0 Å². The molecule has 3 aromatic rings. The van der Waals surface area contributed by atoms with E-state index in [1.807, 2.05) is 54.6 Å². The van der Waals surface area contributed by atoms with E-state index in [1.54, 1.807) is 0 Å². The number of benzene rings is 3. The first-order chi connectivity index (χ1) is 13.0. The number of carboxylic acids is 1. The lowest BCUT2D eigenvalue weighted by Gasteiger charge is -2.14. The molecule has 0 fully saturated rings. The summed E-state index contributed by atoms with van der Waals surface area (Å²) in [5, 5.41) is 12.3. The highest BCUT2D eigenvalue weighted by atomic mass is 79.9. The second-order valence-electron chi connectivity index (χ2n) is 5.89. The Balaban J connectivity index is 1.79. The number of nitrogens with one attached hydrogen (secondary N) is 1. The molecule has 0 bridgehead atoms. The van der Waals surface area contributed by atoms with Gasteiger partial charge in [0, 0.05) is 17.1 Å². The van der Waals surface area contributed by atoms with Gasteiger partial charge in [-0.05, 0) is 29.3 Å². The van der Waals surface area contributed by atoms with Gasteiger partial charge >= 0.3 is 5.97 Å². The lowest BCUT2D eigenvalue weighted by atomic mass is 10.1. The van der Waals surface area contributed by atoms with E-state index >= 15 is 0 Å². The highest BCUT2D eigenvalue weighted by molar-refractivity contribution is 9.10. The molecular formula is C21H17BrFNO3. The molecule has 0 aliphatic rings. The van der Waals surface area contributed by atoms with Crippen LogP contribution in [-0.2, 0) is 13.2 Å². The largest absolute Gasteiger partial charge is 0.488 e. The topological polar surface area (TPSA) is 58.6 Å². The predicted octanol–water partition coefficient (Wildman–Crippen LogP) is 5.48. The average molecular weight is 430 g/mol. The Morgan fingerprint density at radius 3 is 2.41 bits per heavy atom. The number of carboxylic acid groups (broad SMARTS) is 1. The Kier molecular flexibility index (Phi) is 6.08. The summed E-state index contributed by atoms with van der Waals surface area (Å²) in [7, 11) is 0. The maximum Gasteiger partial charge on any atom is 0.339 e. The third kappa shape index (κ3) is 5.08. The molecule has 2 N–H and O–H groups in total. The fourth-order valence-electron chi connectivity index (χ4n) is 2.51. The molecule has 0 saturated heterocycles. The van der Waals surface area contributed by atoms with Crippen LogP contribution >= 0.6 is 15.9 Å². The van der Waals surface area contributed by atoms with Gasteiger partial charge in [-0.2, -0.15) is 0 Å². The van der Waals surface area contributed by atoms with Gasteiger partial charge in [-0.15, -0.1) is 0 Å². The van der Waals surface area contributed by atoms with Gasteiger partial charge in [-0.25, -0.2) is 9.18 Å². The molecular weight excluding hydrogens is 413 g/mol.